The van der Waals surface area contributed by atoms with Crippen LogP contribution in [0.25, 0.3) is 0 Å². The third-order valence-corrected chi connectivity index (χ3v) is 4.10. The highest BCUT2D eigenvalue weighted by molar-refractivity contribution is 5.03. The Morgan fingerprint density at radius 1 is 1.10 bits per heavy atom. The van der Waals surface area contributed by atoms with Crippen LogP contribution >= 0.6 is 0 Å². The van der Waals surface area contributed by atoms with E-state index in [2.05, 4.69) is 41.6 Å². The van der Waals surface area contributed by atoms with Crippen LogP contribution in [-0.4, -0.2) is 66.3 Å². The van der Waals surface area contributed by atoms with Gasteiger partial charge in [0.25, 0.3) is 0 Å². The monoisotopic (exact) mass is 291 g/mol. The third kappa shape index (κ3) is 5.73. The van der Waals surface area contributed by atoms with E-state index in [1.807, 2.05) is 18.3 Å². The first-order valence-corrected chi connectivity index (χ1v) is 8.01. The molecule has 0 saturated carbocycles. The van der Waals surface area contributed by atoms with E-state index in [4.69, 9.17) is 4.74 Å². The first-order valence-electron chi connectivity index (χ1n) is 8.01. The molecule has 2 heterocycles. The van der Waals surface area contributed by atoms with E-state index in [1.54, 1.807) is 0 Å². The lowest BCUT2D eigenvalue weighted by molar-refractivity contribution is 0.0420. The molecule has 0 aromatic carbocycles. The predicted octanol–water partition coefficient (Wildman–Crippen LogP) is 2.06. The average Bonchev–Trinajstić information content (AvgIpc) is 2.47. The molecule has 1 saturated heterocycles. The van der Waals surface area contributed by atoms with Gasteiger partial charge in [-0.2, -0.15) is 0 Å². The molecule has 1 aliphatic rings. The minimum absolute atomic E-state index is 0.297. The van der Waals surface area contributed by atoms with Gasteiger partial charge in [-0.05, 0) is 32.9 Å². The molecule has 4 nitrogen and oxygen atoms in total. The third-order valence-electron chi connectivity index (χ3n) is 4.10. The Hall–Kier alpha value is -0.970. The van der Waals surface area contributed by atoms with E-state index >= 15 is 0 Å². The van der Waals surface area contributed by atoms with Crippen LogP contribution < -0.4 is 0 Å². The summed E-state index contributed by atoms with van der Waals surface area (Å²) in [7, 11) is 0. The molecule has 1 aliphatic heterocycles. The molecule has 0 bridgehead atoms. The quantitative estimate of drug-likeness (QED) is 0.750. The van der Waals surface area contributed by atoms with Gasteiger partial charge in [0, 0.05) is 56.6 Å². The van der Waals surface area contributed by atoms with Crippen LogP contribution in [0.2, 0.25) is 0 Å². The number of hydrogen-bond donors (Lipinski definition) is 0. The summed E-state index contributed by atoms with van der Waals surface area (Å²) in [4.78, 5) is 9.37. The average molecular weight is 291 g/mol. The Bertz CT molecular complexity index is 394. The molecule has 1 aromatic heterocycles. The fourth-order valence-electron chi connectivity index (χ4n) is 2.66. The molecule has 1 fully saturated rings. The summed E-state index contributed by atoms with van der Waals surface area (Å²) in [5.41, 5.74) is 1.40. The van der Waals surface area contributed by atoms with E-state index in [0.29, 0.717) is 5.54 Å². The lowest BCUT2D eigenvalue weighted by Crippen LogP contribution is -2.53. The number of pyridine rings is 1. The highest BCUT2D eigenvalue weighted by Crippen LogP contribution is 2.15. The maximum absolute atomic E-state index is 5.74. The fourth-order valence-corrected chi connectivity index (χ4v) is 2.66. The fraction of sp³-hybridized carbons (Fsp3) is 0.706. The molecule has 0 radical (unpaired) electrons. The zero-order valence-electron chi connectivity index (χ0n) is 13.7. The normalized spacial score (nSPS) is 18.0. The number of rotatable bonds is 6. The zero-order chi connectivity index (χ0) is 15.1. The van der Waals surface area contributed by atoms with Gasteiger partial charge < -0.3 is 4.74 Å². The van der Waals surface area contributed by atoms with Crippen molar-refractivity contribution < 1.29 is 4.74 Å². The molecule has 21 heavy (non-hydrogen) atoms. The van der Waals surface area contributed by atoms with Gasteiger partial charge in [-0.1, -0.05) is 6.07 Å². The second-order valence-electron chi connectivity index (χ2n) is 6.68. The summed E-state index contributed by atoms with van der Waals surface area (Å²) in [6, 6.07) is 6.02. The minimum atomic E-state index is 0.297. The van der Waals surface area contributed by atoms with Crippen molar-refractivity contribution in [3.63, 3.8) is 0 Å². The molecule has 0 aliphatic carbocycles. The smallest absolute Gasteiger partial charge is 0.0593 e. The van der Waals surface area contributed by atoms with Crippen LogP contribution in [0.5, 0.6) is 0 Å². The highest BCUT2D eigenvalue weighted by atomic mass is 16.5. The second-order valence-corrected chi connectivity index (χ2v) is 6.68. The molecule has 0 spiro atoms. The van der Waals surface area contributed by atoms with E-state index in [0.717, 1.165) is 58.1 Å². The van der Waals surface area contributed by atoms with Crippen molar-refractivity contribution >= 4 is 0 Å². The van der Waals surface area contributed by atoms with Crippen molar-refractivity contribution in [3.8, 4) is 0 Å². The first kappa shape index (κ1) is 16.4. The summed E-state index contributed by atoms with van der Waals surface area (Å²) < 4.78 is 5.74. The van der Waals surface area contributed by atoms with Crippen LogP contribution in [0, 0.1) is 0 Å². The lowest BCUT2D eigenvalue weighted by atomic mass is 10.1. The van der Waals surface area contributed by atoms with Crippen LogP contribution in [-0.2, 0) is 11.2 Å². The molecular formula is C17H29N3O. The van der Waals surface area contributed by atoms with E-state index in [1.165, 1.54) is 0 Å². The second kappa shape index (κ2) is 7.87. The van der Waals surface area contributed by atoms with Gasteiger partial charge in [0.15, 0.2) is 0 Å². The lowest BCUT2D eigenvalue weighted by Gasteiger charge is -2.42. The molecule has 1 aromatic rings. The molecule has 0 amide bonds. The number of ether oxygens (including phenoxy) is 1. The van der Waals surface area contributed by atoms with Crippen LogP contribution in [0.4, 0.5) is 0 Å². The number of aromatic nitrogens is 1. The minimum Gasteiger partial charge on any atom is -0.380 e. The van der Waals surface area contributed by atoms with Gasteiger partial charge in [-0.25, -0.2) is 0 Å². The highest BCUT2D eigenvalue weighted by Gasteiger charge is 2.25. The van der Waals surface area contributed by atoms with E-state index < -0.39 is 0 Å². The molecule has 118 valence electrons. The first-order chi connectivity index (χ1) is 10.1. The van der Waals surface area contributed by atoms with Gasteiger partial charge in [0.2, 0.25) is 0 Å². The summed E-state index contributed by atoms with van der Waals surface area (Å²) in [6.45, 7) is 14.1. The zero-order valence-corrected chi connectivity index (χ0v) is 13.7. The maximum atomic E-state index is 5.74. The van der Waals surface area contributed by atoms with Gasteiger partial charge in [-0.15, -0.1) is 0 Å². The molecule has 0 N–H and O–H groups in total. The topological polar surface area (TPSA) is 28.6 Å². The SMILES string of the molecule is CC(C)(C)N1CCN(CCOCCc2ccccn2)CC1. The van der Waals surface area contributed by atoms with Crippen molar-refractivity contribution in [2.45, 2.75) is 32.7 Å². The summed E-state index contributed by atoms with van der Waals surface area (Å²) in [6.07, 6.45) is 2.74. The maximum Gasteiger partial charge on any atom is 0.0593 e. The summed E-state index contributed by atoms with van der Waals surface area (Å²) in [5, 5.41) is 0. The largest absolute Gasteiger partial charge is 0.380 e. The standard InChI is InChI=1S/C17H29N3O/c1-17(2,3)20-11-9-19(10-12-20)13-15-21-14-7-16-6-4-5-8-18-16/h4-6,8H,7,9-15H2,1-3H3. The Morgan fingerprint density at radius 3 is 2.48 bits per heavy atom. The van der Waals surface area contributed by atoms with Gasteiger partial charge >= 0.3 is 0 Å². The molecule has 4 heteroatoms. The Labute approximate surface area is 129 Å². The van der Waals surface area contributed by atoms with Crippen molar-refractivity contribution in [1.82, 2.24) is 14.8 Å². The van der Waals surface area contributed by atoms with Crippen LogP contribution in [0.15, 0.2) is 24.4 Å². The van der Waals surface area contributed by atoms with Crippen LogP contribution in [0.3, 0.4) is 0 Å². The summed E-state index contributed by atoms with van der Waals surface area (Å²) in [5.74, 6) is 0. The van der Waals surface area contributed by atoms with Gasteiger partial charge in [0.1, 0.15) is 0 Å². The van der Waals surface area contributed by atoms with Crippen molar-refractivity contribution in [2.24, 2.45) is 0 Å². The molecular weight excluding hydrogens is 262 g/mol. The predicted molar refractivity (Wildman–Crippen MR) is 86.5 cm³/mol. The molecule has 0 unspecified atom stereocenters. The number of hydrogen-bond acceptors (Lipinski definition) is 4. The Balaban J connectivity index is 1.54. The van der Waals surface area contributed by atoms with Gasteiger partial charge in [-0.3, -0.25) is 14.8 Å². The molecule has 0 atom stereocenters. The van der Waals surface area contributed by atoms with Crippen molar-refractivity contribution in [1.29, 1.82) is 0 Å². The van der Waals surface area contributed by atoms with Crippen LogP contribution in [0.1, 0.15) is 26.5 Å². The Kier molecular flexibility index (Phi) is 6.15. The van der Waals surface area contributed by atoms with Crippen molar-refractivity contribution in [2.75, 3.05) is 45.9 Å². The number of nitrogens with zero attached hydrogens (tertiary/aromatic N) is 3. The summed E-state index contributed by atoms with van der Waals surface area (Å²) >= 11 is 0. The van der Waals surface area contributed by atoms with Crippen molar-refractivity contribution in [3.05, 3.63) is 30.1 Å². The van der Waals surface area contributed by atoms with Gasteiger partial charge in [0.05, 0.1) is 13.2 Å². The van der Waals surface area contributed by atoms with E-state index in [9.17, 15) is 0 Å². The van der Waals surface area contributed by atoms with E-state index in [-0.39, 0.29) is 0 Å². The number of piperazine rings is 1. The molecule has 2 rings (SSSR count). The Morgan fingerprint density at radius 2 is 1.86 bits per heavy atom.